The van der Waals surface area contributed by atoms with E-state index in [4.69, 9.17) is 0 Å². The lowest BCUT2D eigenvalue weighted by molar-refractivity contribution is 0.226. The molecule has 0 spiro atoms. The summed E-state index contributed by atoms with van der Waals surface area (Å²) in [6, 6.07) is 0. The second kappa shape index (κ2) is 6.81. The fourth-order valence-corrected chi connectivity index (χ4v) is 4.20. The molecule has 100 valence electrons. The molecule has 0 radical (unpaired) electrons. The van der Waals surface area contributed by atoms with Crippen molar-refractivity contribution < 1.29 is 0 Å². The van der Waals surface area contributed by atoms with Crippen LogP contribution in [0.2, 0.25) is 0 Å². The Morgan fingerprint density at radius 1 is 0.471 bits per heavy atom. The van der Waals surface area contributed by atoms with Crippen molar-refractivity contribution in [2.75, 3.05) is 0 Å². The minimum absolute atomic E-state index is 1.00. The molecule has 0 heterocycles. The van der Waals surface area contributed by atoms with Gasteiger partial charge in [-0.1, -0.05) is 78.1 Å². The van der Waals surface area contributed by atoms with Gasteiger partial charge in [-0.15, -0.1) is 0 Å². The summed E-state index contributed by atoms with van der Waals surface area (Å²) in [6.45, 7) is 4.91. The molecular formula is C17H32. The van der Waals surface area contributed by atoms with Crippen molar-refractivity contribution in [3.8, 4) is 0 Å². The maximum atomic E-state index is 2.46. The molecule has 2 rings (SSSR count). The Bertz CT molecular complexity index is 198. The largest absolute Gasteiger partial charge is 0.0625 e. The molecular weight excluding hydrogens is 204 g/mol. The maximum Gasteiger partial charge on any atom is -0.0386 e. The normalized spacial score (nSPS) is 41.3. The van der Waals surface area contributed by atoms with Crippen LogP contribution < -0.4 is 0 Å². The predicted molar refractivity (Wildman–Crippen MR) is 76.1 cm³/mol. The topological polar surface area (TPSA) is 0 Å². The second-order valence-electron chi connectivity index (χ2n) is 7.10. The zero-order chi connectivity index (χ0) is 12.1. The summed E-state index contributed by atoms with van der Waals surface area (Å²) in [4.78, 5) is 0. The van der Waals surface area contributed by atoms with Crippen molar-refractivity contribution in [3.63, 3.8) is 0 Å². The molecule has 2 unspecified atom stereocenters. The lowest BCUT2D eigenvalue weighted by Gasteiger charge is -2.29. The highest BCUT2D eigenvalue weighted by molar-refractivity contribution is 4.77. The summed E-state index contributed by atoms with van der Waals surface area (Å²) in [7, 11) is 0. The van der Waals surface area contributed by atoms with Crippen LogP contribution >= 0.6 is 0 Å². The Labute approximate surface area is 109 Å². The first-order valence-corrected chi connectivity index (χ1v) is 8.25. The summed E-state index contributed by atoms with van der Waals surface area (Å²) < 4.78 is 0. The molecule has 0 N–H and O–H groups in total. The number of rotatable bonds is 1. The van der Waals surface area contributed by atoms with Crippen LogP contribution in [0.1, 0.15) is 84.5 Å². The average Bonchev–Trinajstić information content (AvgIpc) is 2.48. The zero-order valence-electron chi connectivity index (χ0n) is 12.1. The van der Waals surface area contributed by atoms with Gasteiger partial charge in [0.05, 0.1) is 0 Å². The van der Waals surface area contributed by atoms with E-state index in [1.165, 1.54) is 44.9 Å². The average molecular weight is 236 g/mol. The van der Waals surface area contributed by atoms with Gasteiger partial charge in [0.15, 0.2) is 0 Å². The molecule has 2 atom stereocenters. The van der Waals surface area contributed by atoms with E-state index in [2.05, 4.69) is 13.8 Å². The minimum atomic E-state index is 1.00. The van der Waals surface area contributed by atoms with Crippen molar-refractivity contribution in [3.05, 3.63) is 0 Å². The highest BCUT2D eigenvalue weighted by Crippen LogP contribution is 2.38. The Balaban J connectivity index is 1.83. The van der Waals surface area contributed by atoms with Crippen molar-refractivity contribution >= 4 is 0 Å². The fraction of sp³-hybridized carbons (Fsp3) is 1.00. The van der Waals surface area contributed by atoms with Crippen LogP contribution in [0.3, 0.4) is 0 Å². The van der Waals surface area contributed by atoms with Gasteiger partial charge in [0, 0.05) is 0 Å². The van der Waals surface area contributed by atoms with E-state index in [1.807, 2.05) is 0 Å². The van der Waals surface area contributed by atoms with Crippen LogP contribution in [0.25, 0.3) is 0 Å². The predicted octanol–water partition coefficient (Wildman–Crippen LogP) is 5.81. The van der Waals surface area contributed by atoms with Crippen molar-refractivity contribution in [1.82, 2.24) is 0 Å². The summed E-state index contributed by atoms with van der Waals surface area (Å²) in [5.74, 6) is 4.19. The van der Waals surface area contributed by atoms with Crippen LogP contribution in [0, 0.1) is 23.7 Å². The van der Waals surface area contributed by atoms with Crippen molar-refractivity contribution in [1.29, 1.82) is 0 Å². The zero-order valence-corrected chi connectivity index (χ0v) is 12.1. The molecule has 0 aliphatic heterocycles. The summed E-state index contributed by atoms with van der Waals surface area (Å²) in [6.07, 6.45) is 16.7. The third kappa shape index (κ3) is 4.30. The smallest absolute Gasteiger partial charge is 0.0386 e. The van der Waals surface area contributed by atoms with Gasteiger partial charge >= 0.3 is 0 Å². The Kier molecular flexibility index (Phi) is 5.38. The van der Waals surface area contributed by atoms with E-state index < -0.39 is 0 Å². The third-order valence-corrected chi connectivity index (χ3v) is 5.51. The monoisotopic (exact) mass is 236 g/mol. The molecule has 2 saturated carbocycles. The van der Waals surface area contributed by atoms with Gasteiger partial charge in [-0.25, -0.2) is 0 Å². The van der Waals surface area contributed by atoms with Gasteiger partial charge in [0.2, 0.25) is 0 Å². The molecule has 0 amide bonds. The molecule has 2 fully saturated rings. The molecule has 0 aromatic carbocycles. The first kappa shape index (κ1) is 13.4. The molecule has 0 aromatic rings. The van der Waals surface area contributed by atoms with Crippen molar-refractivity contribution in [2.24, 2.45) is 23.7 Å². The number of hydrogen-bond acceptors (Lipinski definition) is 0. The molecule has 2 aliphatic rings. The molecule has 0 aromatic heterocycles. The lowest BCUT2D eigenvalue weighted by Crippen LogP contribution is -2.17. The van der Waals surface area contributed by atoms with E-state index in [1.54, 1.807) is 25.7 Å². The van der Waals surface area contributed by atoms with Gasteiger partial charge in [0.25, 0.3) is 0 Å². The molecule has 2 aliphatic carbocycles. The molecule has 0 saturated heterocycles. The van der Waals surface area contributed by atoms with Crippen molar-refractivity contribution in [2.45, 2.75) is 84.5 Å². The van der Waals surface area contributed by atoms with Gasteiger partial charge in [-0.3, -0.25) is 0 Å². The highest BCUT2D eigenvalue weighted by Gasteiger charge is 2.25. The summed E-state index contributed by atoms with van der Waals surface area (Å²) in [5.41, 5.74) is 0. The van der Waals surface area contributed by atoms with Gasteiger partial charge in [-0.05, 0) is 30.1 Å². The van der Waals surface area contributed by atoms with E-state index in [0.717, 1.165) is 23.7 Å². The second-order valence-corrected chi connectivity index (χ2v) is 7.10. The van der Waals surface area contributed by atoms with Crippen LogP contribution in [-0.2, 0) is 0 Å². The van der Waals surface area contributed by atoms with Crippen LogP contribution in [0.4, 0.5) is 0 Å². The molecule has 0 nitrogen and oxygen atoms in total. The Morgan fingerprint density at radius 2 is 0.882 bits per heavy atom. The maximum absolute atomic E-state index is 2.46. The molecule has 17 heavy (non-hydrogen) atoms. The SMILES string of the molecule is CC1CCCC(C2CCCC(C)CC2)CCC1. The summed E-state index contributed by atoms with van der Waals surface area (Å²) >= 11 is 0. The van der Waals surface area contributed by atoms with Gasteiger partial charge in [-0.2, -0.15) is 0 Å². The van der Waals surface area contributed by atoms with Crippen LogP contribution in [-0.4, -0.2) is 0 Å². The molecule has 0 bridgehead atoms. The van der Waals surface area contributed by atoms with Gasteiger partial charge in [0.1, 0.15) is 0 Å². The molecule has 0 heteroatoms. The standard InChI is InChI=1S/C17H32/c1-14-6-3-9-16(10-4-7-14)17-11-5-8-15(2)12-13-17/h14-17H,3-13H2,1-2H3. The quantitative estimate of drug-likeness (QED) is 0.504. The Hall–Kier alpha value is 0. The summed E-state index contributed by atoms with van der Waals surface area (Å²) in [5, 5.41) is 0. The minimum Gasteiger partial charge on any atom is -0.0625 e. The van der Waals surface area contributed by atoms with E-state index in [0.29, 0.717) is 0 Å². The third-order valence-electron chi connectivity index (χ3n) is 5.51. The highest BCUT2D eigenvalue weighted by atomic mass is 14.3. The van der Waals surface area contributed by atoms with Gasteiger partial charge < -0.3 is 0 Å². The van der Waals surface area contributed by atoms with E-state index >= 15 is 0 Å². The Morgan fingerprint density at radius 3 is 1.41 bits per heavy atom. The van der Waals surface area contributed by atoms with E-state index in [9.17, 15) is 0 Å². The van der Waals surface area contributed by atoms with Crippen LogP contribution in [0.15, 0.2) is 0 Å². The first-order chi connectivity index (χ1) is 8.25. The first-order valence-electron chi connectivity index (χ1n) is 8.25. The van der Waals surface area contributed by atoms with E-state index in [-0.39, 0.29) is 0 Å². The number of hydrogen-bond donors (Lipinski definition) is 0. The van der Waals surface area contributed by atoms with Crippen LogP contribution in [0.5, 0.6) is 0 Å². The fourth-order valence-electron chi connectivity index (χ4n) is 4.20. The lowest BCUT2D eigenvalue weighted by atomic mass is 9.77.